The van der Waals surface area contributed by atoms with Gasteiger partial charge in [0.1, 0.15) is 0 Å². The molecule has 2 rings (SSSR count). The van der Waals surface area contributed by atoms with Gasteiger partial charge in [0.15, 0.2) is 0 Å². The number of ether oxygens (including phenoxy) is 2. The van der Waals surface area contributed by atoms with Crippen molar-refractivity contribution >= 4 is 17.0 Å². The number of fused-ring (bicyclic) bond motifs is 1. The first kappa shape index (κ1) is 12.9. The first-order chi connectivity index (χ1) is 8.65. The summed E-state index contributed by atoms with van der Waals surface area (Å²) >= 11 is 0. The minimum atomic E-state index is -0.0315. The van der Waals surface area contributed by atoms with Gasteiger partial charge in [0.25, 0.3) is 0 Å². The Morgan fingerprint density at radius 2 is 2.17 bits per heavy atom. The van der Waals surface area contributed by atoms with E-state index in [4.69, 9.17) is 15.2 Å². The lowest BCUT2D eigenvalue weighted by atomic mass is 10.2. The van der Waals surface area contributed by atoms with Crippen LogP contribution in [0.1, 0.15) is 5.56 Å². The van der Waals surface area contributed by atoms with Crippen molar-refractivity contribution < 1.29 is 9.47 Å². The molecule has 18 heavy (non-hydrogen) atoms. The number of rotatable bonds is 5. The summed E-state index contributed by atoms with van der Waals surface area (Å²) in [6, 6.07) is 6.12. The third-order valence-electron chi connectivity index (χ3n) is 3.01. The average molecular weight is 249 g/mol. The third kappa shape index (κ3) is 2.47. The lowest BCUT2D eigenvalue weighted by Crippen LogP contribution is -2.24. The van der Waals surface area contributed by atoms with Gasteiger partial charge in [-0.15, -0.1) is 0 Å². The van der Waals surface area contributed by atoms with Crippen LogP contribution in [0, 0.1) is 6.92 Å². The number of benzene rings is 1. The summed E-state index contributed by atoms with van der Waals surface area (Å²) in [5, 5.41) is 0. The van der Waals surface area contributed by atoms with E-state index in [9.17, 15) is 0 Å². The predicted octanol–water partition coefficient (Wildman–Crippen LogP) is 1.59. The maximum absolute atomic E-state index is 5.96. The lowest BCUT2D eigenvalue weighted by Gasteiger charge is -2.16. The highest BCUT2D eigenvalue weighted by Crippen LogP contribution is 2.19. The number of methoxy groups -OCH3 is 2. The summed E-state index contributed by atoms with van der Waals surface area (Å²) in [6.45, 7) is 3.20. The Hall–Kier alpha value is -1.59. The van der Waals surface area contributed by atoms with E-state index in [1.807, 2.05) is 23.6 Å². The van der Waals surface area contributed by atoms with Crippen molar-refractivity contribution in [3.05, 3.63) is 23.8 Å². The molecule has 0 saturated carbocycles. The number of nitrogens with two attached hydrogens (primary N) is 1. The molecule has 5 nitrogen and oxygen atoms in total. The van der Waals surface area contributed by atoms with Gasteiger partial charge in [-0.25, -0.2) is 4.98 Å². The molecule has 5 heteroatoms. The molecule has 0 aliphatic carbocycles. The second-order valence-corrected chi connectivity index (χ2v) is 4.39. The number of imidazole rings is 1. The van der Waals surface area contributed by atoms with E-state index < -0.39 is 0 Å². The Balaban J connectivity index is 2.34. The summed E-state index contributed by atoms with van der Waals surface area (Å²) in [5.41, 5.74) is 9.07. The van der Waals surface area contributed by atoms with Crippen LogP contribution in [-0.2, 0) is 16.0 Å². The molecule has 0 aliphatic heterocycles. The zero-order valence-electron chi connectivity index (χ0n) is 11.0. The number of anilines is 1. The molecule has 0 radical (unpaired) electrons. The molecule has 1 aromatic carbocycles. The van der Waals surface area contributed by atoms with E-state index in [0.29, 0.717) is 19.1 Å². The van der Waals surface area contributed by atoms with E-state index in [0.717, 1.165) is 11.0 Å². The molecule has 0 spiro atoms. The molecule has 2 N–H and O–H groups in total. The summed E-state index contributed by atoms with van der Waals surface area (Å²) < 4.78 is 12.4. The molecule has 1 aromatic heterocycles. The highest BCUT2D eigenvalue weighted by molar-refractivity contribution is 5.79. The maximum atomic E-state index is 5.96. The molecule has 0 aliphatic rings. The fraction of sp³-hybridized carbons (Fsp3) is 0.462. The topological polar surface area (TPSA) is 62.3 Å². The molecule has 0 saturated heterocycles. The molecule has 0 fully saturated rings. The minimum Gasteiger partial charge on any atom is -0.382 e. The number of aryl methyl sites for hydroxylation is 1. The summed E-state index contributed by atoms with van der Waals surface area (Å²) in [5.74, 6) is 0.508. The average Bonchev–Trinajstić information content (AvgIpc) is 2.64. The van der Waals surface area contributed by atoms with Gasteiger partial charge < -0.3 is 19.8 Å². The Kier molecular flexibility index (Phi) is 3.84. The minimum absolute atomic E-state index is 0.0315. The van der Waals surface area contributed by atoms with Crippen molar-refractivity contribution in [3.63, 3.8) is 0 Å². The number of nitrogens with zero attached hydrogens (tertiary/aromatic N) is 2. The lowest BCUT2D eigenvalue weighted by molar-refractivity contribution is 0.0193. The van der Waals surface area contributed by atoms with Crippen molar-refractivity contribution in [2.75, 3.05) is 26.6 Å². The molecular weight excluding hydrogens is 230 g/mol. The van der Waals surface area contributed by atoms with Crippen LogP contribution in [0.25, 0.3) is 11.0 Å². The standard InChI is InChI=1S/C13H19N3O2/c1-9-4-5-12-11(6-9)15-13(14)16(12)7-10(18-3)8-17-2/h4-6,10H,7-8H2,1-3H3,(H2,14,15). The third-order valence-corrected chi connectivity index (χ3v) is 3.01. The van der Waals surface area contributed by atoms with Gasteiger partial charge in [-0.05, 0) is 24.6 Å². The highest BCUT2D eigenvalue weighted by Gasteiger charge is 2.13. The molecule has 2 aromatic rings. The van der Waals surface area contributed by atoms with E-state index in [2.05, 4.69) is 11.1 Å². The highest BCUT2D eigenvalue weighted by atomic mass is 16.5. The van der Waals surface area contributed by atoms with Gasteiger partial charge in [0.05, 0.1) is 30.3 Å². The number of hydrogen-bond acceptors (Lipinski definition) is 4. The van der Waals surface area contributed by atoms with Gasteiger partial charge in [-0.2, -0.15) is 0 Å². The van der Waals surface area contributed by atoms with Crippen LogP contribution in [0.4, 0.5) is 5.95 Å². The first-order valence-electron chi connectivity index (χ1n) is 5.89. The molecule has 0 bridgehead atoms. The van der Waals surface area contributed by atoms with Crippen molar-refractivity contribution in [1.82, 2.24) is 9.55 Å². The Morgan fingerprint density at radius 3 is 2.83 bits per heavy atom. The Morgan fingerprint density at radius 1 is 1.39 bits per heavy atom. The summed E-state index contributed by atoms with van der Waals surface area (Å²) in [6.07, 6.45) is -0.0315. The van der Waals surface area contributed by atoms with Crippen LogP contribution in [0.5, 0.6) is 0 Å². The maximum Gasteiger partial charge on any atom is 0.201 e. The quantitative estimate of drug-likeness (QED) is 0.874. The van der Waals surface area contributed by atoms with Gasteiger partial charge in [-0.3, -0.25) is 0 Å². The molecule has 0 amide bonds. The van der Waals surface area contributed by atoms with Gasteiger partial charge in [-0.1, -0.05) is 6.07 Å². The van der Waals surface area contributed by atoms with Crippen LogP contribution < -0.4 is 5.73 Å². The van der Waals surface area contributed by atoms with Crippen molar-refractivity contribution in [2.45, 2.75) is 19.6 Å². The zero-order chi connectivity index (χ0) is 13.1. The zero-order valence-corrected chi connectivity index (χ0v) is 11.0. The monoisotopic (exact) mass is 249 g/mol. The summed E-state index contributed by atoms with van der Waals surface area (Å²) in [4.78, 5) is 4.37. The number of hydrogen-bond donors (Lipinski definition) is 1. The van der Waals surface area contributed by atoms with Crippen molar-refractivity contribution in [1.29, 1.82) is 0 Å². The van der Waals surface area contributed by atoms with E-state index in [1.54, 1.807) is 14.2 Å². The SMILES string of the molecule is COCC(Cn1c(N)nc2cc(C)ccc21)OC. The van der Waals surface area contributed by atoms with Crippen molar-refractivity contribution in [2.24, 2.45) is 0 Å². The Bertz CT molecular complexity index is 536. The van der Waals surface area contributed by atoms with Gasteiger partial charge in [0.2, 0.25) is 5.95 Å². The van der Waals surface area contributed by atoms with Crippen LogP contribution in [0.2, 0.25) is 0 Å². The normalized spacial score (nSPS) is 13.1. The fourth-order valence-electron chi connectivity index (χ4n) is 2.04. The largest absolute Gasteiger partial charge is 0.382 e. The summed E-state index contributed by atoms with van der Waals surface area (Å²) in [7, 11) is 3.33. The predicted molar refractivity (Wildman–Crippen MR) is 71.6 cm³/mol. The van der Waals surface area contributed by atoms with E-state index in [-0.39, 0.29) is 6.10 Å². The molecule has 98 valence electrons. The van der Waals surface area contributed by atoms with Crippen LogP contribution >= 0.6 is 0 Å². The molecule has 1 atom stereocenters. The van der Waals surface area contributed by atoms with Gasteiger partial charge in [0, 0.05) is 14.2 Å². The molecule has 1 heterocycles. The van der Waals surface area contributed by atoms with E-state index >= 15 is 0 Å². The van der Waals surface area contributed by atoms with Crippen LogP contribution in [0.3, 0.4) is 0 Å². The number of nitrogen functional groups attached to an aromatic ring is 1. The smallest absolute Gasteiger partial charge is 0.201 e. The first-order valence-corrected chi connectivity index (χ1v) is 5.89. The van der Waals surface area contributed by atoms with Gasteiger partial charge >= 0.3 is 0 Å². The number of aromatic nitrogens is 2. The fourth-order valence-corrected chi connectivity index (χ4v) is 2.04. The Labute approximate surface area is 107 Å². The van der Waals surface area contributed by atoms with Crippen molar-refractivity contribution in [3.8, 4) is 0 Å². The van der Waals surface area contributed by atoms with E-state index in [1.165, 1.54) is 5.56 Å². The molecular formula is C13H19N3O2. The molecule has 1 unspecified atom stereocenters. The second-order valence-electron chi connectivity index (χ2n) is 4.39. The van der Waals surface area contributed by atoms with Crippen LogP contribution in [0.15, 0.2) is 18.2 Å². The second kappa shape index (κ2) is 5.37. The van der Waals surface area contributed by atoms with Crippen LogP contribution in [-0.4, -0.2) is 36.5 Å².